The van der Waals surface area contributed by atoms with Crippen LogP contribution in [0.25, 0.3) is 16.6 Å². The second-order valence-electron chi connectivity index (χ2n) is 6.95. The normalized spacial score (nSPS) is 14.4. The predicted molar refractivity (Wildman–Crippen MR) is 121 cm³/mol. The van der Waals surface area contributed by atoms with Gasteiger partial charge in [-0.1, -0.05) is 47.6 Å². The van der Waals surface area contributed by atoms with Gasteiger partial charge in [0.2, 0.25) is 5.95 Å². The fourth-order valence-corrected chi connectivity index (χ4v) is 4.73. The van der Waals surface area contributed by atoms with Crippen LogP contribution in [0.5, 0.6) is 0 Å². The number of hydrogen-bond donors (Lipinski definition) is 0. The van der Waals surface area contributed by atoms with Gasteiger partial charge in [0.05, 0.1) is 24.4 Å². The van der Waals surface area contributed by atoms with Gasteiger partial charge in [0.15, 0.2) is 5.16 Å². The average molecular weight is 438 g/mol. The van der Waals surface area contributed by atoms with Crippen LogP contribution in [0.3, 0.4) is 0 Å². The van der Waals surface area contributed by atoms with Gasteiger partial charge in [0.25, 0.3) is 0 Å². The standard InChI is InChI=1S/C22H20ClN5OS/c23-19-9-8-16(20-18(19)7-4-10-24-20)15-30-22-26-25-21(27-11-13-29-14-12-27)28(22)17-5-2-1-3-6-17/h1-10H,11-15H2. The highest BCUT2D eigenvalue weighted by Gasteiger charge is 2.22. The van der Waals surface area contributed by atoms with Crippen molar-refractivity contribution in [2.45, 2.75) is 10.9 Å². The lowest BCUT2D eigenvalue weighted by Gasteiger charge is -2.27. The summed E-state index contributed by atoms with van der Waals surface area (Å²) in [5.74, 6) is 1.57. The number of morpholine rings is 1. The molecule has 2 aromatic heterocycles. The zero-order chi connectivity index (χ0) is 20.3. The summed E-state index contributed by atoms with van der Waals surface area (Å²) < 4.78 is 7.63. The van der Waals surface area contributed by atoms with Crippen LogP contribution in [-0.2, 0) is 10.5 Å². The van der Waals surface area contributed by atoms with Crippen molar-refractivity contribution in [2.24, 2.45) is 0 Å². The van der Waals surface area contributed by atoms with Crippen molar-refractivity contribution in [1.29, 1.82) is 0 Å². The quantitative estimate of drug-likeness (QED) is 0.425. The van der Waals surface area contributed by atoms with Crippen molar-refractivity contribution in [1.82, 2.24) is 19.7 Å². The molecule has 8 heteroatoms. The van der Waals surface area contributed by atoms with Gasteiger partial charge in [-0.25, -0.2) is 0 Å². The molecule has 152 valence electrons. The van der Waals surface area contributed by atoms with Crippen LogP contribution in [0.4, 0.5) is 5.95 Å². The summed E-state index contributed by atoms with van der Waals surface area (Å²) in [5.41, 5.74) is 3.10. The average Bonchev–Trinajstić information content (AvgIpc) is 3.24. The molecule has 0 N–H and O–H groups in total. The number of benzene rings is 2. The molecule has 1 fully saturated rings. The summed E-state index contributed by atoms with van der Waals surface area (Å²) in [7, 11) is 0. The molecular formula is C22H20ClN5OS. The molecule has 3 heterocycles. The van der Waals surface area contributed by atoms with E-state index >= 15 is 0 Å². The molecule has 0 radical (unpaired) electrons. The number of ether oxygens (including phenoxy) is 1. The Morgan fingerprint density at radius 1 is 0.967 bits per heavy atom. The van der Waals surface area contributed by atoms with Crippen molar-refractivity contribution < 1.29 is 4.74 Å². The van der Waals surface area contributed by atoms with E-state index in [1.165, 1.54) is 0 Å². The van der Waals surface area contributed by atoms with Gasteiger partial charge in [-0.05, 0) is 35.9 Å². The van der Waals surface area contributed by atoms with Gasteiger partial charge in [-0.2, -0.15) is 0 Å². The monoisotopic (exact) mass is 437 g/mol. The molecule has 30 heavy (non-hydrogen) atoms. The number of para-hydroxylation sites is 1. The lowest BCUT2D eigenvalue weighted by atomic mass is 10.1. The number of hydrogen-bond acceptors (Lipinski definition) is 6. The topological polar surface area (TPSA) is 56.1 Å². The molecule has 0 aliphatic carbocycles. The molecule has 1 saturated heterocycles. The number of halogens is 1. The third-order valence-corrected chi connectivity index (χ3v) is 6.39. The van der Waals surface area contributed by atoms with Gasteiger partial charge in [0.1, 0.15) is 0 Å². The van der Waals surface area contributed by atoms with Crippen LogP contribution >= 0.6 is 23.4 Å². The molecule has 1 aliphatic rings. The minimum Gasteiger partial charge on any atom is -0.378 e. The highest BCUT2D eigenvalue weighted by atomic mass is 35.5. The van der Waals surface area contributed by atoms with Crippen LogP contribution in [-0.4, -0.2) is 46.1 Å². The zero-order valence-electron chi connectivity index (χ0n) is 16.2. The van der Waals surface area contributed by atoms with E-state index in [4.69, 9.17) is 16.3 Å². The number of pyridine rings is 1. The Morgan fingerprint density at radius 2 is 1.80 bits per heavy atom. The van der Waals surface area contributed by atoms with Crippen molar-refractivity contribution in [2.75, 3.05) is 31.2 Å². The third-order valence-electron chi connectivity index (χ3n) is 5.08. The first-order valence-corrected chi connectivity index (χ1v) is 11.2. The molecular weight excluding hydrogens is 418 g/mol. The first-order valence-electron chi connectivity index (χ1n) is 9.80. The number of nitrogens with zero attached hydrogens (tertiary/aromatic N) is 5. The Kier molecular flexibility index (Phi) is 5.57. The summed E-state index contributed by atoms with van der Waals surface area (Å²) in [4.78, 5) is 6.78. The lowest BCUT2D eigenvalue weighted by Crippen LogP contribution is -2.37. The summed E-state index contributed by atoms with van der Waals surface area (Å²) in [6, 6.07) is 18.1. The fourth-order valence-electron chi connectivity index (χ4n) is 3.58. The van der Waals surface area contributed by atoms with Crippen molar-refractivity contribution >= 4 is 40.2 Å². The Morgan fingerprint density at radius 3 is 2.63 bits per heavy atom. The molecule has 4 aromatic rings. The summed E-state index contributed by atoms with van der Waals surface area (Å²) >= 11 is 8.00. The maximum Gasteiger partial charge on any atom is 0.232 e. The summed E-state index contributed by atoms with van der Waals surface area (Å²) in [5, 5.41) is 11.6. The molecule has 0 atom stereocenters. The van der Waals surface area contributed by atoms with Crippen LogP contribution < -0.4 is 4.90 Å². The first-order chi connectivity index (χ1) is 14.8. The third kappa shape index (κ3) is 3.76. The van der Waals surface area contributed by atoms with Crippen LogP contribution in [0, 0.1) is 0 Å². The van der Waals surface area contributed by atoms with Gasteiger partial charge < -0.3 is 9.64 Å². The van der Waals surface area contributed by atoms with Crippen molar-refractivity contribution in [3.8, 4) is 5.69 Å². The highest BCUT2D eigenvalue weighted by molar-refractivity contribution is 7.98. The first kappa shape index (κ1) is 19.4. The molecule has 5 rings (SSSR count). The van der Waals surface area contributed by atoms with Crippen LogP contribution in [0.2, 0.25) is 5.02 Å². The van der Waals surface area contributed by atoms with Gasteiger partial charge >= 0.3 is 0 Å². The maximum atomic E-state index is 6.35. The number of anilines is 1. The van der Waals surface area contributed by atoms with E-state index in [-0.39, 0.29) is 0 Å². The molecule has 0 amide bonds. The van der Waals surface area contributed by atoms with Gasteiger partial charge in [-0.15, -0.1) is 10.2 Å². The summed E-state index contributed by atoms with van der Waals surface area (Å²) in [6.45, 7) is 3.02. The second kappa shape index (κ2) is 8.63. The molecule has 0 spiro atoms. The van der Waals surface area contributed by atoms with E-state index in [9.17, 15) is 0 Å². The Labute approximate surface area is 183 Å². The Bertz CT molecular complexity index is 1160. The minimum atomic E-state index is 0.701. The van der Waals surface area contributed by atoms with E-state index in [1.54, 1.807) is 18.0 Å². The number of fused-ring (bicyclic) bond motifs is 1. The molecule has 1 aliphatic heterocycles. The smallest absolute Gasteiger partial charge is 0.232 e. The van der Waals surface area contributed by atoms with E-state index in [2.05, 4.69) is 36.8 Å². The van der Waals surface area contributed by atoms with Gasteiger partial charge in [0, 0.05) is 35.4 Å². The maximum absolute atomic E-state index is 6.35. The summed E-state index contributed by atoms with van der Waals surface area (Å²) in [6.07, 6.45) is 1.80. The predicted octanol–water partition coefficient (Wildman–Crippen LogP) is 4.60. The SMILES string of the molecule is Clc1ccc(CSc2nnc(N3CCOCC3)n2-c2ccccc2)c2ncccc12. The molecule has 0 unspecified atom stereocenters. The van der Waals surface area contributed by atoms with Gasteiger partial charge in [-0.3, -0.25) is 9.55 Å². The van der Waals surface area contributed by atoms with E-state index in [0.717, 1.165) is 52.1 Å². The largest absolute Gasteiger partial charge is 0.378 e. The molecule has 0 saturated carbocycles. The molecule has 2 aromatic carbocycles. The van der Waals surface area contributed by atoms with Crippen molar-refractivity contribution in [3.63, 3.8) is 0 Å². The minimum absolute atomic E-state index is 0.701. The number of rotatable bonds is 5. The van der Waals surface area contributed by atoms with E-state index in [1.807, 2.05) is 42.5 Å². The van der Waals surface area contributed by atoms with E-state index < -0.39 is 0 Å². The highest BCUT2D eigenvalue weighted by Crippen LogP contribution is 2.32. The molecule has 6 nitrogen and oxygen atoms in total. The van der Waals surface area contributed by atoms with E-state index in [0.29, 0.717) is 18.2 Å². The zero-order valence-corrected chi connectivity index (χ0v) is 17.8. The lowest BCUT2D eigenvalue weighted by molar-refractivity contribution is 0.122. The second-order valence-corrected chi connectivity index (χ2v) is 8.30. The van der Waals surface area contributed by atoms with Crippen LogP contribution in [0.1, 0.15) is 5.56 Å². The Hall–Kier alpha value is -2.61. The Balaban J connectivity index is 1.49. The van der Waals surface area contributed by atoms with Crippen molar-refractivity contribution in [3.05, 3.63) is 71.4 Å². The van der Waals surface area contributed by atoms with Crippen LogP contribution in [0.15, 0.2) is 66.0 Å². The number of aromatic nitrogens is 4. The fraction of sp³-hybridized carbons (Fsp3) is 0.227. The molecule has 0 bridgehead atoms. The number of thioether (sulfide) groups is 1.